The third-order valence-electron chi connectivity index (χ3n) is 3.02. The van der Waals surface area contributed by atoms with Crippen LogP contribution in [0.3, 0.4) is 0 Å². The molecule has 2 nitrogen and oxygen atoms in total. The molecule has 2 heterocycles. The van der Waals surface area contributed by atoms with Gasteiger partial charge in [0.1, 0.15) is 0 Å². The molecule has 0 aromatic carbocycles. The molecule has 14 heavy (non-hydrogen) atoms. The molecule has 1 aliphatic rings. The van der Waals surface area contributed by atoms with Crippen molar-refractivity contribution in [2.75, 3.05) is 6.54 Å². The highest BCUT2D eigenvalue weighted by Gasteiger charge is 2.14. The van der Waals surface area contributed by atoms with E-state index in [-0.39, 0.29) is 0 Å². The van der Waals surface area contributed by atoms with Crippen molar-refractivity contribution in [3.8, 4) is 0 Å². The zero-order valence-corrected chi connectivity index (χ0v) is 8.79. The van der Waals surface area contributed by atoms with Crippen LogP contribution in [0.5, 0.6) is 0 Å². The van der Waals surface area contributed by atoms with Crippen molar-refractivity contribution < 1.29 is 0 Å². The first-order valence-electron chi connectivity index (χ1n) is 5.52. The van der Waals surface area contributed by atoms with Crippen LogP contribution < -0.4 is 5.32 Å². The summed E-state index contributed by atoms with van der Waals surface area (Å²) in [5.74, 6) is 0. The van der Waals surface area contributed by atoms with E-state index in [9.17, 15) is 0 Å². The quantitative estimate of drug-likeness (QED) is 0.736. The second-order valence-corrected chi connectivity index (χ2v) is 4.09. The lowest BCUT2D eigenvalue weighted by Gasteiger charge is -2.17. The van der Waals surface area contributed by atoms with Gasteiger partial charge >= 0.3 is 0 Å². The maximum atomic E-state index is 4.21. The minimum absolute atomic E-state index is 0.534. The molecule has 0 radical (unpaired) electrons. The molecule has 1 aromatic heterocycles. The second kappa shape index (κ2) is 4.56. The average molecular weight is 190 g/mol. The van der Waals surface area contributed by atoms with Gasteiger partial charge in [-0.3, -0.25) is 4.98 Å². The molecule has 1 saturated heterocycles. The molecule has 2 rings (SSSR count). The SMILES string of the molecule is Cc1ccncc1C1CCCCCN1. The Labute approximate surface area is 85.7 Å². The van der Waals surface area contributed by atoms with Gasteiger partial charge in [-0.25, -0.2) is 0 Å². The molecule has 1 fully saturated rings. The molecule has 0 bridgehead atoms. The number of rotatable bonds is 1. The van der Waals surface area contributed by atoms with Crippen molar-refractivity contribution in [3.05, 3.63) is 29.6 Å². The van der Waals surface area contributed by atoms with Crippen LogP contribution >= 0.6 is 0 Å². The van der Waals surface area contributed by atoms with E-state index >= 15 is 0 Å². The maximum absolute atomic E-state index is 4.21. The smallest absolute Gasteiger partial charge is 0.0338 e. The lowest BCUT2D eigenvalue weighted by atomic mass is 10.00. The lowest BCUT2D eigenvalue weighted by Crippen LogP contribution is -2.21. The van der Waals surface area contributed by atoms with Crippen molar-refractivity contribution in [2.24, 2.45) is 0 Å². The lowest BCUT2D eigenvalue weighted by molar-refractivity contribution is 0.531. The van der Waals surface area contributed by atoms with Crippen LogP contribution in [0.15, 0.2) is 18.5 Å². The molecule has 1 N–H and O–H groups in total. The van der Waals surface area contributed by atoms with Gasteiger partial charge in [0.05, 0.1) is 0 Å². The first-order valence-corrected chi connectivity index (χ1v) is 5.52. The number of hydrogen-bond donors (Lipinski definition) is 1. The maximum Gasteiger partial charge on any atom is 0.0338 e. The van der Waals surface area contributed by atoms with E-state index < -0.39 is 0 Å². The number of aromatic nitrogens is 1. The molecular formula is C12H18N2. The first kappa shape index (κ1) is 9.66. The fourth-order valence-corrected chi connectivity index (χ4v) is 2.14. The Morgan fingerprint density at radius 1 is 1.36 bits per heavy atom. The zero-order valence-electron chi connectivity index (χ0n) is 8.79. The minimum Gasteiger partial charge on any atom is -0.310 e. The molecular weight excluding hydrogens is 172 g/mol. The van der Waals surface area contributed by atoms with E-state index in [1.165, 1.54) is 36.8 Å². The Balaban J connectivity index is 2.16. The number of nitrogens with zero attached hydrogens (tertiary/aromatic N) is 1. The molecule has 0 aliphatic carbocycles. The van der Waals surface area contributed by atoms with Gasteiger partial charge in [0.2, 0.25) is 0 Å². The number of hydrogen-bond acceptors (Lipinski definition) is 2. The monoisotopic (exact) mass is 190 g/mol. The highest BCUT2D eigenvalue weighted by Crippen LogP contribution is 2.24. The van der Waals surface area contributed by atoms with Crippen LogP contribution in [0.2, 0.25) is 0 Å². The van der Waals surface area contributed by atoms with Crippen molar-refractivity contribution in [1.29, 1.82) is 0 Å². The molecule has 1 aromatic rings. The Morgan fingerprint density at radius 3 is 3.14 bits per heavy atom. The number of pyridine rings is 1. The Hall–Kier alpha value is -0.890. The normalized spacial score (nSPS) is 23.1. The van der Waals surface area contributed by atoms with Crippen LogP contribution in [0.1, 0.15) is 42.9 Å². The predicted octanol–water partition coefficient (Wildman–Crippen LogP) is 2.59. The highest BCUT2D eigenvalue weighted by atomic mass is 14.9. The predicted molar refractivity (Wildman–Crippen MR) is 58.2 cm³/mol. The van der Waals surface area contributed by atoms with Gasteiger partial charge in [-0.15, -0.1) is 0 Å². The van der Waals surface area contributed by atoms with E-state index in [0.29, 0.717) is 6.04 Å². The molecule has 76 valence electrons. The molecule has 1 unspecified atom stereocenters. The molecule has 2 heteroatoms. The average Bonchev–Trinajstić information content (AvgIpc) is 2.47. The Kier molecular flexibility index (Phi) is 3.14. The summed E-state index contributed by atoms with van der Waals surface area (Å²) < 4.78 is 0. The van der Waals surface area contributed by atoms with Crippen molar-refractivity contribution in [2.45, 2.75) is 38.6 Å². The summed E-state index contributed by atoms with van der Waals surface area (Å²) in [6, 6.07) is 2.63. The van der Waals surface area contributed by atoms with E-state index in [1.807, 2.05) is 12.4 Å². The molecule has 0 saturated carbocycles. The van der Waals surface area contributed by atoms with E-state index in [1.54, 1.807) is 0 Å². The van der Waals surface area contributed by atoms with Gasteiger partial charge in [0.15, 0.2) is 0 Å². The van der Waals surface area contributed by atoms with Crippen LogP contribution in [0, 0.1) is 6.92 Å². The van der Waals surface area contributed by atoms with Crippen LogP contribution in [-0.4, -0.2) is 11.5 Å². The van der Waals surface area contributed by atoms with Gasteiger partial charge < -0.3 is 5.32 Å². The van der Waals surface area contributed by atoms with Crippen LogP contribution in [0.4, 0.5) is 0 Å². The van der Waals surface area contributed by atoms with Crippen molar-refractivity contribution >= 4 is 0 Å². The van der Waals surface area contributed by atoms with E-state index in [4.69, 9.17) is 0 Å². The second-order valence-electron chi connectivity index (χ2n) is 4.09. The third-order valence-corrected chi connectivity index (χ3v) is 3.02. The fraction of sp³-hybridized carbons (Fsp3) is 0.583. The van der Waals surface area contributed by atoms with E-state index in [0.717, 1.165) is 6.54 Å². The van der Waals surface area contributed by atoms with Gasteiger partial charge in [0, 0.05) is 18.4 Å². The summed E-state index contributed by atoms with van der Waals surface area (Å²) >= 11 is 0. The zero-order chi connectivity index (χ0) is 9.80. The summed E-state index contributed by atoms with van der Waals surface area (Å²) in [5, 5.41) is 3.60. The first-order chi connectivity index (χ1) is 6.88. The van der Waals surface area contributed by atoms with Gasteiger partial charge in [-0.05, 0) is 43.5 Å². The van der Waals surface area contributed by atoms with E-state index in [2.05, 4.69) is 23.3 Å². The standard InChI is InChI=1S/C12H18N2/c1-10-6-8-13-9-11(10)12-5-3-2-4-7-14-12/h6,8-9,12,14H,2-5,7H2,1H3. The minimum atomic E-state index is 0.534. The Bertz CT molecular complexity index is 288. The molecule has 1 atom stereocenters. The van der Waals surface area contributed by atoms with Gasteiger partial charge in [-0.2, -0.15) is 0 Å². The van der Waals surface area contributed by atoms with Crippen molar-refractivity contribution in [1.82, 2.24) is 10.3 Å². The van der Waals surface area contributed by atoms with Crippen molar-refractivity contribution in [3.63, 3.8) is 0 Å². The number of nitrogens with one attached hydrogen (secondary N) is 1. The summed E-state index contributed by atoms with van der Waals surface area (Å²) in [7, 11) is 0. The summed E-state index contributed by atoms with van der Waals surface area (Å²) in [4.78, 5) is 4.21. The van der Waals surface area contributed by atoms with Crippen LogP contribution in [0.25, 0.3) is 0 Å². The fourth-order valence-electron chi connectivity index (χ4n) is 2.14. The highest BCUT2D eigenvalue weighted by molar-refractivity contribution is 5.25. The van der Waals surface area contributed by atoms with Gasteiger partial charge in [0.25, 0.3) is 0 Å². The van der Waals surface area contributed by atoms with Gasteiger partial charge in [-0.1, -0.05) is 12.8 Å². The summed E-state index contributed by atoms with van der Waals surface area (Å²) in [6.07, 6.45) is 9.16. The molecule has 0 spiro atoms. The largest absolute Gasteiger partial charge is 0.310 e. The van der Waals surface area contributed by atoms with Crippen LogP contribution in [-0.2, 0) is 0 Å². The summed E-state index contributed by atoms with van der Waals surface area (Å²) in [5.41, 5.74) is 2.74. The third kappa shape index (κ3) is 2.13. The number of aryl methyl sites for hydroxylation is 1. The topological polar surface area (TPSA) is 24.9 Å². The Morgan fingerprint density at radius 2 is 2.29 bits per heavy atom. The molecule has 0 amide bonds. The summed E-state index contributed by atoms with van der Waals surface area (Å²) in [6.45, 7) is 3.32. The molecule has 1 aliphatic heterocycles.